The zero-order chi connectivity index (χ0) is 18.6. The smallest absolute Gasteiger partial charge is 0.285 e. The average molecular weight is 384 g/mol. The minimum atomic E-state index is -3.64. The molecule has 1 atom stereocenters. The van der Waals surface area contributed by atoms with Crippen LogP contribution in [0.15, 0.2) is 44.4 Å². The van der Waals surface area contributed by atoms with Crippen LogP contribution in [-0.2, 0) is 29.4 Å². The van der Waals surface area contributed by atoms with Crippen LogP contribution in [0.4, 0.5) is 0 Å². The maximum atomic E-state index is 12.5. The number of fused-ring (bicyclic) bond motifs is 2. The van der Waals surface area contributed by atoms with Crippen molar-refractivity contribution in [2.45, 2.75) is 49.6 Å². The topological polar surface area (TPSA) is 84.6 Å². The highest BCUT2D eigenvalue weighted by atomic mass is 32.2. The van der Waals surface area contributed by atoms with Gasteiger partial charge in [0.15, 0.2) is 5.84 Å². The number of hydrogen-bond acceptors (Lipinski definition) is 5. The molecule has 1 unspecified atom stereocenters. The molecule has 0 saturated carbocycles. The summed E-state index contributed by atoms with van der Waals surface area (Å²) >= 11 is 0. The molecule has 3 heterocycles. The zero-order valence-electron chi connectivity index (χ0n) is 14.8. The minimum absolute atomic E-state index is 0.00904. The maximum Gasteiger partial charge on any atom is 0.285 e. The van der Waals surface area contributed by atoms with E-state index in [0.717, 1.165) is 49.9 Å². The number of sulfonamides is 1. The lowest BCUT2D eigenvalue weighted by atomic mass is 10.1. The van der Waals surface area contributed by atoms with Gasteiger partial charge in [0.05, 0.1) is 18.3 Å². The van der Waals surface area contributed by atoms with Crippen molar-refractivity contribution in [1.29, 1.82) is 0 Å². The van der Waals surface area contributed by atoms with Gasteiger partial charge in [0.25, 0.3) is 15.6 Å². The van der Waals surface area contributed by atoms with Crippen molar-refractivity contribution >= 4 is 15.9 Å². The fourth-order valence-corrected chi connectivity index (χ4v) is 5.59. The fourth-order valence-electron chi connectivity index (χ4n) is 4.37. The third kappa shape index (κ3) is 2.70. The second-order valence-corrected chi connectivity index (χ2v) is 8.94. The van der Waals surface area contributed by atoms with Gasteiger partial charge in [-0.25, -0.2) is 4.68 Å². The van der Waals surface area contributed by atoms with Gasteiger partial charge < -0.3 is 4.90 Å². The Morgan fingerprint density at radius 3 is 2.89 bits per heavy atom. The van der Waals surface area contributed by atoms with Crippen molar-refractivity contribution in [2.24, 2.45) is 4.40 Å². The number of rotatable bonds is 2. The summed E-state index contributed by atoms with van der Waals surface area (Å²) in [5, 5.41) is 4.57. The normalized spacial score (nSPS) is 22.6. The van der Waals surface area contributed by atoms with Crippen LogP contribution in [0.2, 0.25) is 0 Å². The van der Waals surface area contributed by atoms with Gasteiger partial charge in [-0.1, -0.05) is 12.1 Å². The van der Waals surface area contributed by atoms with Crippen molar-refractivity contribution in [2.75, 3.05) is 6.54 Å². The summed E-state index contributed by atoms with van der Waals surface area (Å²) in [5.41, 5.74) is 2.66. The number of nitrogens with zero attached hydrogens (tertiary/aromatic N) is 4. The summed E-state index contributed by atoms with van der Waals surface area (Å²) < 4.78 is 30.4. The molecule has 3 aliphatic rings. The van der Waals surface area contributed by atoms with Gasteiger partial charge in [-0.05, 0) is 49.8 Å². The van der Waals surface area contributed by atoms with Crippen molar-refractivity contribution in [3.8, 4) is 0 Å². The Bertz CT molecular complexity index is 1120. The van der Waals surface area contributed by atoms with E-state index in [1.54, 1.807) is 28.9 Å². The van der Waals surface area contributed by atoms with Crippen LogP contribution in [0, 0.1) is 0 Å². The first-order valence-corrected chi connectivity index (χ1v) is 10.8. The third-order valence-electron chi connectivity index (χ3n) is 5.67. The van der Waals surface area contributed by atoms with E-state index >= 15 is 0 Å². The molecule has 0 bridgehead atoms. The van der Waals surface area contributed by atoms with Gasteiger partial charge in [-0.15, -0.1) is 4.40 Å². The van der Waals surface area contributed by atoms with E-state index in [1.165, 1.54) is 0 Å². The molecular formula is C19H20N4O3S. The average Bonchev–Trinajstić information content (AvgIpc) is 3.34. The van der Waals surface area contributed by atoms with Crippen LogP contribution in [0.25, 0.3) is 0 Å². The first kappa shape index (κ1) is 16.7. The molecule has 1 aromatic carbocycles. The molecule has 1 saturated heterocycles. The summed E-state index contributed by atoms with van der Waals surface area (Å²) in [4.78, 5) is 14.7. The molecule has 0 N–H and O–H groups in total. The lowest BCUT2D eigenvalue weighted by Gasteiger charge is -2.26. The SMILES string of the molecule is O=c1cc2c(nn1CC1CCCN1C1=NS(=O)(=O)c3ccccc31)CCC2. The number of amidine groups is 1. The molecule has 0 radical (unpaired) electrons. The zero-order valence-corrected chi connectivity index (χ0v) is 15.7. The second-order valence-electron chi connectivity index (χ2n) is 7.37. The first-order valence-electron chi connectivity index (χ1n) is 9.34. The Labute approximate surface area is 157 Å². The Morgan fingerprint density at radius 2 is 2.00 bits per heavy atom. The van der Waals surface area contributed by atoms with E-state index in [2.05, 4.69) is 9.50 Å². The molecule has 1 aliphatic carbocycles. The predicted molar refractivity (Wildman–Crippen MR) is 100 cm³/mol. The highest BCUT2D eigenvalue weighted by molar-refractivity contribution is 7.90. The molecular weight excluding hydrogens is 364 g/mol. The van der Waals surface area contributed by atoms with E-state index in [0.29, 0.717) is 17.9 Å². The summed E-state index contributed by atoms with van der Waals surface area (Å²) in [6, 6.07) is 8.65. The van der Waals surface area contributed by atoms with E-state index < -0.39 is 10.0 Å². The fraction of sp³-hybridized carbons (Fsp3) is 0.421. The Hall–Kier alpha value is -2.48. The van der Waals surface area contributed by atoms with Gasteiger partial charge in [-0.3, -0.25) is 4.79 Å². The molecule has 0 amide bonds. The predicted octanol–water partition coefficient (Wildman–Crippen LogP) is 1.35. The number of aryl methyl sites for hydroxylation is 2. The lowest BCUT2D eigenvalue weighted by Crippen LogP contribution is -2.40. The molecule has 0 spiro atoms. The maximum absolute atomic E-state index is 12.5. The number of benzene rings is 1. The van der Waals surface area contributed by atoms with E-state index in [4.69, 9.17) is 0 Å². The first-order chi connectivity index (χ1) is 13.0. The molecule has 27 heavy (non-hydrogen) atoms. The summed E-state index contributed by atoms with van der Waals surface area (Å²) in [7, 11) is -3.64. The van der Waals surface area contributed by atoms with Gasteiger partial charge in [0, 0.05) is 18.2 Å². The summed E-state index contributed by atoms with van der Waals surface area (Å²) in [5.74, 6) is 0.502. The van der Waals surface area contributed by atoms with Crippen molar-refractivity contribution in [1.82, 2.24) is 14.7 Å². The van der Waals surface area contributed by atoms with Crippen molar-refractivity contribution in [3.05, 3.63) is 57.5 Å². The second kappa shape index (κ2) is 6.02. The lowest BCUT2D eigenvalue weighted by molar-refractivity contribution is 0.330. The minimum Gasteiger partial charge on any atom is -0.351 e. The molecule has 8 heteroatoms. The molecule has 2 aromatic rings. The Kier molecular flexibility index (Phi) is 3.72. The molecule has 1 fully saturated rings. The van der Waals surface area contributed by atoms with Crippen LogP contribution in [-0.4, -0.2) is 41.5 Å². The van der Waals surface area contributed by atoms with Crippen LogP contribution >= 0.6 is 0 Å². The van der Waals surface area contributed by atoms with Crippen LogP contribution in [0.1, 0.15) is 36.1 Å². The van der Waals surface area contributed by atoms with Gasteiger partial charge in [-0.2, -0.15) is 13.5 Å². The largest absolute Gasteiger partial charge is 0.351 e. The Balaban J connectivity index is 1.48. The monoisotopic (exact) mass is 384 g/mol. The summed E-state index contributed by atoms with van der Waals surface area (Å²) in [6.07, 6.45) is 4.71. The van der Waals surface area contributed by atoms with Gasteiger partial charge in [0.1, 0.15) is 4.90 Å². The molecule has 7 nitrogen and oxygen atoms in total. The number of likely N-dealkylation sites (tertiary alicyclic amines) is 1. The number of aromatic nitrogens is 2. The van der Waals surface area contributed by atoms with Crippen LogP contribution in [0.3, 0.4) is 0 Å². The van der Waals surface area contributed by atoms with Crippen LogP contribution < -0.4 is 5.56 Å². The summed E-state index contributed by atoms with van der Waals surface area (Å²) in [6.45, 7) is 1.18. The van der Waals surface area contributed by atoms with E-state index in [9.17, 15) is 13.2 Å². The Morgan fingerprint density at radius 1 is 1.15 bits per heavy atom. The van der Waals surface area contributed by atoms with Crippen molar-refractivity contribution < 1.29 is 8.42 Å². The molecule has 140 valence electrons. The van der Waals surface area contributed by atoms with Gasteiger partial charge >= 0.3 is 0 Å². The third-order valence-corrected chi connectivity index (χ3v) is 6.99. The molecule has 1 aromatic heterocycles. The molecule has 2 aliphatic heterocycles. The highest BCUT2D eigenvalue weighted by Gasteiger charge is 2.36. The standard InChI is InChI=1S/C19H20N4O3S/c24-18-11-13-5-3-8-16(13)20-23(18)12-14-6-4-10-22(14)19-15-7-1-2-9-17(15)27(25,26)21-19/h1-2,7,9,11,14H,3-6,8,10,12H2. The van der Waals surface area contributed by atoms with E-state index in [-0.39, 0.29) is 16.5 Å². The number of hydrogen-bond donors (Lipinski definition) is 0. The van der Waals surface area contributed by atoms with E-state index in [1.807, 2.05) is 11.0 Å². The highest BCUT2D eigenvalue weighted by Crippen LogP contribution is 2.31. The van der Waals surface area contributed by atoms with Crippen molar-refractivity contribution in [3.63, 3.8) is 0 Å². The van der Waals surface area contributed by atoms with Gasteiger partial charge in [0.2, 0.25) is 0 Å². The van der Waals surface area contributed by atoms with Crippen LogP contribution in [0.5, 0.6) is 0 Å². The molecule has 5 rings (SSSR count). The quantitative estimate of drug-likeness (QED) is 0.780.